The third kappa shape index (κ3) is 4.46. The summed E-state index contributed by atoms with van der Waals surface area (Å²) in [6.45, 7) is 5.19. The fraction of sp³-hybridized carbons (Fsp3) is 0.667. The second-order valence-corrected chi connectivity index (χ2v) is 4.51. The van der Waals surface area contributed by atoms with E-state index in [0.717, 1.165) is 0 Å². The van der Waals surface area contributed by atoms with Crippen molar-refractivity contribution >= 4 is 11.9 Å². The van der Waals surface area contributed by atoms with E-state index in [1.54, 1.807) is 12.2 Å². The summed E-state index contributed by atoms with van der Waals surface area (Å²) in [6, 6.07) is -0.676. The lowest BCUT2D eigenvalue weighted by Crippen LogP contribution is -2.48. The van der Waals surface area contributed by atoms with Crippen molar-refractivity contribution in [2.75, 3.05) is 6.61 Å². The number of hydrogen-bond donors (Lipinski definition) is 2. The normalized spacial score (nSPS) is 24.9. The van der Waals surface area contributed by atoms with Gasteiger partial charge in [0, 0.05) is 6.92 Å². The Kier molecular flexibility index (Phi) is 5.30. The molecule has 0 aromatic carbocycles. The van der Waals surface area contributed by atoms with E-state index >= 15 is 0 Å². The highest BCUT2D eigenvalue weighted by Crippen LogP contribution is 2.10. The molecule has 2 N–H and O–H groups in total. The first-order chi connectivity index (χ1) is 8.40. The van der Waals surface area contributed by atoms with Crippen molar-refractivity contribution in [1.29, 1.82) is 0 Å². The maximum atomic E-state index is 11.0. The van der Waals surface area contributed by atoms with Gasteiger partial charge in [0.15, 0.2) is 0 Å². The SMILES string of the molecule is CC(=O)O[C@H]1C=CC(N[C@H](C(=O)O)C(C)C)OC1. The second kappa shape index (κ2) is 6.51. The number of aliphatic carboxylic acids is 1. The van der Waals surface area contributed by atoms with Gasteiger partial charge in [-0.1, -0.05) is 13.8 Å². The van der Waals surface area contributed by atoms with Crippen molar-refractivity contribution in [2.24, 2.45) is 5.92 Å². The molecule has 102 valence electrons. The Morgan fingerprint density at radius 3 is 2.50 bits per heavy atom. The van der Waals surface area contributed by atoms with Crippen molar-refractivity contribution in [1.82, 2.24) is 5.32 Å². The predicted octanol–water partition coefficient (Wildman–Crippen LogP) is 0.529. The first-order valence-corrected chi connectivity index (χ1v) is 5.86. The zero-order valence-corrected chi connectivity index (χ0v) is 10.8. The number of esters is 1. The lowest BCUT2D eigenvalue weighted by atomic mass is 10.0. The van der Waals surface area contributed by atoms with Crippen LogP contribution in [0.3, 0.4) is 0 Å². The lowest BCUT2D eigenvalue weighted by Gasteiger charge is -2.28. The highest BCUT2D eigenvalue weighted by Gasteiger charge is 2.26. The summed E-state index contributed by atoms with van der Waals surface area (Å²) in [4.78, 5) is 21.8. The van der Waals surface area contributed by atoms with Gasteiger partial charge in [-0.15, -0.1) is 0 Å². The molecule has 1 unspecified atom stereocenters. The van der Waals surface area contributed by atoms with Crippen molar-refractivity contribution in [3.63, 3.8) is 0 Å². The molecular weight excluding hydrogens is 238 g/mol. The third-order valence-corrected chi connectivity index (χ3v) is 2.53. The number of ether oxygens (including phenoxy) is 2. The molecule has 18 heavy (non-hydrogen) atoms. The minimum atomic E-state index is -0.913. The minimum Gasteiger partial charge on any atom is -0.480 e. The average molecular weight is 257 g/mol. The number of hydrogen-bond acceptors (Lipinski definition) is 5. The van der Waals surface area contributed by atoms with Crippen molar-refractivity contribution in [2.45, 2.75) is 39.1 Å². The van der Waals surface area contributed by atoms with E-state index in [4.69, 9.17) is 14.6 Å². The summed E-state index contributed by atoms with van der Waals surface area (Å²) in [5.41, 5.74) is 0. The molecule has 0 aromatic rings. The van der Waals surface area contributed by atoms with Crippen LogP contribution < -0.4 is 5.32 Å². The van der Waals surface area contributed by atoms with Gasteiger partial charge in [-0.05, 0) is 18.1 Å². The van der Waals surface area contributed by atoms with Crippen molar-refractivity contribution < 1.29 is 24.2 Å². The number of rotatable bonds is 5. The Bertz CT molecular complexity index is 339. The maximum absolute atomic E-state index is 11.0. The van der Waals surface area contributed by atoms with Crippen LogP contribution in [0.25, 0.3) is 0 Å². The van der Waals surface area contributed by atoms with Gasteiger partial charge in [-0.2, -0.15) is 0 Å². The molecule has 1 heterocycles. The van der Waals surface area contributed by atoms with Crippen LogP contribution in [0.4, 0.5) is 0 Å². The van der Waals surface area contributed by atoms with Gasteiger partial charge in [-0.3, -0.25) is 14.9 Å². The topological polar surface area (TPSA) is 84.9 Å². The molecule has 6 heteroatoms. The van der Waals surface area contributed by atoms with Crippen LogP contribution in [0.5, 0.6) is 0 Å². The quantitative estimate of drug-likeness (QED) is 0.552. The Morgan fingerprint density at radius 2 is 2.11 bits per heavy atom. The number of carbonyl (C=O) groups excluding carboxylic acids is 1. The number of carbonyl (C=O) groups is 2. The van der Waals surface area contributed by atoms with E-state index in [-0.39, 0.29) is 18.5 Å². The smallest absolute Gasteiger partial charge is 0.321 e. The van der Waals surface area contributed by atoms with Crippen LogP contribution in [0.15, 0.2) is 12.2 Å². The number of nitrogens with one attached hydrogen (secondary N) is 1. The molecule has 0 aliphatic carbocycles. The fourth-order valence-electron chi connectivity index (χ4n) is 1.65. The molecule has 1 aliphatic rings. The fourth-order valence-corrected chi connectivity index (χ4v) is 1.65. The third-order valence-electron chi connectivity index (χ3n) is 2.53. The van der Waals surface area contributed by atoms with E-state index in [1.807, 2.05) is 13.8 Å². The van der Waals surface area contributed by atoms with Crippen LogP contribution >= 0.6 is 0 Å². The van der Waals surface area contributed by atoms with E-state index in [2.05, 4.69) is 5.32 Å². The van der Waals surface area contributed by atoms with Gasteiger partial charge in [-0.25, -0.2) is 0 Å². The van der Waals surface area contributed by atoms with Crippen LogP contribution in [-0.4, -0.2) is 42.0 Å². The summed E-state index contributed by atoms with van der Waals surface area (Å²) in [5, 5.41) is 11.9. The highest BCUT2D eigenvalue weighted by molar-refractivity contribution is 5.73. The Labute approximate surface area is 106 Å². The minimum absolute atomic E-state index is 0.0503. The summed E-state index contributed by atoms with van der Waals surface area (Å²) < 4.78 is 10.3. The first kappa shape index (κ1) is 14.7. The van der Waals surface area contributed by atoms with Gasteiger partial charge < -0.3 is 14.6 Å². The monoisotopic (exact) mass is 257 g/mol. The van der Waals surface area contributed by atoms with Crippen molar-refractivity contribution in [3.05, 3.63) is 12.2 Å². The highest BCUT2D eigenvalue weighted by atomic mass is 16.6. The zero-order chi connectivity index (χ0) is 13.7. The van der Waals surface area contributed by atoms with Gasteiger partial charge in [0.2, 0.25) is 0 Å². The summed E-state index contributed by atoms with van der Waals surface area (Å²) in [6.07, 6.45) is 2.49. The molecular formula is C12H19NO5. The van der Waals surface area contributed by atoms with Gasteiger partial charge in [0.05, 0.1) is 6.61 Å². The maximum Gasteiger partial charge on any atom is 0.321 e. The number of carboxylic acids is 1. The predicted molar refractivity (Wildman–Crippen MR) is 63.8 cm³/mol. The lowest BCUT2D eigenvalue weighted by molar-refractivity contribution is -0.148. The zero-order valence-electron chi connectivity index (χ0n) is 10.8. The Balaban J connectivity index is 2.51. The molecule has 0 radical (unpaired) electrons. The van der Waals surface area contributed by atoms with Gasteiger partial charge in [0.25, 0.3) is 0 Å². The Hall–Kier alpha value is -1.40. The Morgan fingerprint density at radius 1 is 1.44 bits per heavy atom. The molecule has 0 fully saturated rings. The molecule has 0 bridgehead atoms. The van der Waals surface area contributed by atoms with Crippen LogP contribution in [0.1, 0.15) is 20.8 Å². The summed E-state index contributed by atoms with van der Waals surface area (Å²) >= 11 is 0. The first-order valence-electron chi connectivity index (χ1n) is 5.86. The molecule has 1 rings (SSSR count). The van der Waals surface area contributed by atoms with Crippen LogP contribution in [0, 0.1) is 5.92 Å². The largest absolute Gasteiger partial charge is 0.480 e. The standard InChI is InChI=1S/C12H19NO5/c1-7(2)11(12(15)16)13-10-5-4-9(6-17-10)18-8(3)14/h4-5,7,9-11,13H,6H2,1-3H3,(H,15,16)/t9-,10?,11-/m0/s1. The van der Waals surface area contributed by atoms with Crippen LogP contribution in [0.2, 0.25) is 0 Å². The summed E-state index contributed by atoms with van der Waals surface area (Å²) in [5.74, 6) is -1.33. The van der Waals surface area contributed by atoms with E-state index < -0.39 is 24.3 Å². The van der Waals surface area contributed by atoms with Crippen molar-refractivity contribution in [3.8, 4) is 0 Å². The molecule has 1 aliphatic heterocycles. The van der Waals surface area contributed by atoms with E-state index in [0.29, 0.717) is 0 Å². The average Bonchev–Trinajstić information content (AvgIpc) is 2.26. The van der Waals surface area contributed by atoms with Gasteiger partial charge >= 0.3 is 11.9 Å². The molecule has 0 saturated carbocycles. The molecule has 6 nitrogen and oxygen atoms in total. The molecule has 0 amide bonds. The molecule has 0 spiro atoms. The van der Waals surface area contributed by atoms with Crippen LogP contribution in [-0.2, 0) is 19.1 Å². The molecule has 0 saturated heterocycles. The van der Waals surface area contributed by atoms with E-state index in [9.17, 15) is 9.59 Å². The van der Waals surface area contributed by atoms with Gasteiger partial charge in [0.1, 0.15) is 18.4 Å². The second-order valence-electron chi connectivity index (χ2n) is 4.51. The number of carboxylic acid groups (broad SMARTS) is 1. The molecule has 3 atom stereocenters. The van der Waals surface area contributed by atoms with E-state index in [1.165, 1.54) is 6.92 Å². The molecule has 0 aromatic heterocycles. The summed E-state index contributed by atoms with van der Waals surface area (Å²) in [7, 11) is 0.